The Hall–Kier alpha value is -1.80. The monoisotopic (exact) mass is 293 g/mol. The van der Waals surface area contributed by atoms with Crippen LogP contribution in [0.2, 0.25) is 0 Å². The predicted octanol–water partition coefficient (Wildman–Crippen LogP) is 3.22. The van der Waals surface area contributed by atoms with E-state index in [2.05, 4.69) is 17.2 Å². The number of ketones is 1. The Morgan fingerprint density at radius 2 is 2.10 bits per heavy atom. The van der Waals surface area contributed by atoms with Gasteiger partial charge in [-0.2, -0.15) is 0 Å². The largest absolute Gasteiger partial charge is 0.444 e. The summed E-state index contributed by atoms with van der Waals surface area (Å²) in [6, 6.07) is 1.78. The molecular formula is C15H19NO3S. The zero-order chi connectivity index (χ0) is 15.2. The van der Waals surface area contributed by atoms with Gasteiger partial charge in [0.25, 0.3) is 0 Å². The van der Waals surface area contributed by atoms with Gasteiger partial charge in [0.05, 0.1) is 4.88 Å². The molecule has 0 saturated heterocycles. The van der Waals surface area contributed by atoms with Crippen molar-refractivity contribution in [3.63, 3.8) is 0 Å². The molecule has 0 aliphatic heterocycles. The van der Waals surface area contributed by atoms with Gasteiger partial charge in [-0.3, -0.25) is 4.79 Å². The normalized spacial score (nSPS) is 10.4. The van der Waals surface area contributed by atoms with Crippen molar-refractivity contribution in [2.45, 2.75) is 39.7 Å². The second kappa shape index (κ2) is 7.11. The summed E-state index contributed by atoms with van der Waals surface area (Å²) in [5.74, 6) is 5.96. The zero-order valence-corrected chi connectivity index (χ0v) is 13.0. The van der Waals surface area contributed by atoms with E-state index in [0.717, 1.165) is 5.56 Å². The van der Waals surface area contributed by atoms with Crippen molar-refractivity contribution in [1.82, 2.24) is 5.32 Å². The van der Waals surface area contributed by atoms with Gasteiger partial charge in [0.1, 0.15) is 5.60 Å². The number of ether oxygens (including phenoxy) is 1. The van der Waals surface area contributed by atoms with Crippen LogP contribution in [-0.2, 0) is 4.74 Å². The fourth-order valence-corrected chi connectivity index (χ4v) is 2.03. The molecule has 0 bridgehead atoms. The molecule has 1 N–H and O–H groups in total. The summed E-state index contributed by atoms with van der Waals surface area (Å²) in [4.78, 5) is 23.2. The molecule has 1 heterocycles. The van der Waals surface area contributed by atoms with E-state index in [1.165, 1.54) is 18.3 Å². The Morgan fingerprint density at radius 3 is 2.65 bits per heavy atom. The Labute approximate surface area is 123 Å². The molecule has 0 aromatic carbocycles. The van der Waals surface area contributed by atoms with Crippen molar-refractivity contribution in [2.75, 3.05) is 6.54 Å². The minimum Gasteiger partial charge on any atom is -0.444 e. The van der Waals surface area contributed by atoms with Gasteiger partial charge in [-0.05, 0) is 33.8 Å². The lowest BCUT2D eigenvalue weighted by Crippen LogP contribution is -2.32. The maximum absolute atomic E-state index is 11.4. The first-order chi connectivity index (χ1) is 9.28. The Kier molecular flexibility index (Phi) is 5.78. The highest BCUT2D eigenvalue weighted by molar-refractivity contribution is 7.12. The van der Waals surface area contributed by atoms with E-state index in [9.17, 15) is 9.59 Å². The number of carbonyl (C=O) groups excluding carboxylic acids is 2. The van der Waals surface area contributed by atoms with Gasteiger partial charge in [-0.1, -0.05) is 11.8 Å². The fourth-order valence-electron chi connectivity index (χ4n) is 1.29. The van der Waals surface area contributed by atoms with Gasteiger partial charge < -0.3 is 10.1 Å². The summed E-state index contributed by atoms with van der Waals surface area (Å²) in [6.07, 6.45) is 0.0958. The van der Waals surface area contributed by atoms with Gasteiger partial charge in [0.2, 0.25) is 0 Å². The number of rotatable bonds is 3. The highest BCUT2D eigenvalue weighted by Crippen LogP contribution is 2.14. The van der Waals surface area contributed by atoms with Crippen molar-refractivity contribution in [1.29, 1.82) is 0 Å². The number of Topliss-reactive ketones (excluding diaryl/α,β-unsaturated/α-hetero) is 1. The van der Waals surface area contributed by atoms with Crippen LogP contribution in [0.25, 0.3) is 0 Å². The summed E-state index contributed by atoms with van der Waals surface area (Å²) >= 11 is 1.39. The summed E-state index contributed by atoms with van der Waals surface area (Å²) in [5, 5.41) is 4.49. The molecule has 0 atom stereocenters. The summed E-state index contributed by atoms with van der Waals surface area (Å²) in [7, 11) is 0. The van der Waals surface area contributed by atoms with Crippen LogP contribution in [-0.4, -0.2) is 24.0 Å². The van der Waals surface area contributed by atoms with Crippen molar-refractivity contribution < 1.29 is 14.3 Å². The van der Waals surface area contributed by atoms with E-state index in [-0.39, 0.29) is 5.78 Å². The number of carbonyl (C=O) groups is 2. The van der Waals surface area contributed by atoms with Gasteiger partial charge in [-0.25, -0.2) is 4.79 Å². The van der Waals surface area contributed by atoms with E-state index >= 15 is 0 Å². The molecular weight excluding hydrogens is 274 g/mol. The van der Waals surface area contributed by atoms with Crippen molar-refractivity contribution in [3.05, 3.63) is 21.9 Å². The molecule has 1 aromatic heterocycles. The number of nitrogens with one attached hydrogen (secondary N) is 1. The van der Waals surface area contributed by atoms with Crippen LogP contribution in [0.3, 0.4) is 0 Å². The first-order valence-electron chi connectivity index (χ1n) is 6.33. The SMILES string of the molecule is CC(=O)c1cc(C#CCCNC(=O)OC(C)(C)C)cs1. The molecule has 108 valence electrons. The smallest absolute Gasteiger partial charge is 0.407 e. The fraction of sp³-hybridized carbons (Fsp3) is 0.467. The number of hydrogen-bond acceptors (Lipinski definition) is 4. The van der Waals surface area contributed by atoms with Crippen molar-refractivity contribution >= 4 is 23.2 Å². The number of amides is 1. The maximum Gasteiger partial charge on any atom is 0.407 e. The van der Waals surface area contributed by atoms with E-state index in [4.69, 9.17) is 4.74 Å². The molecule has 0 spiro atoms. The predicted molar refractivity (Wildman–Crippen MR) is 80.1 cm³/mol. The minimum absolute atomic E-state index is 0.0506. The molecule has 20 heavy (non-hydrogen) atoms. The lowest BCUT2D eigenvalue weighted by molar-refractivity contribution is 0.0529. The second-order valence-corrected chi connectivity index (χ2v) is 6.15. The van der Waals surface area contributed by atoms with Crippen LogP contribution in [0.5, 0.6) is 0 Å². The molecule has 0 unspecified atom stereocenters. The molecule has 0 radical (unpaired) electrons. The first kappa shape index (κ1) is 16.3. The third-order valence-corrected chi connectivity index (χ3v) is 3.13. The standard InChI is InChI=1S/C15H19NO3S/c1-11(17)13-9-12(10-20-13)7-5-6-8-16-14(18)19-15(2,3)4/h9-10H,6,8H2,1-4H3,(H,16,18). The van der Waals surface area contributed by atoms with E-state index in [0.29, 0.717) is 17.8 Å². The molecule has 1 amide bonds. The lowest BCUT2D eigenvalue weighted by atomic mass is 10.2. The van der Waals surface area contributed by atoms with Crippen LogP contribution in [0.15, 0.2) is 11.4 Å². The Bertz CT molecular complexity index is 543. The number of hydrogen-bond donors (Lipinski definition) is 1. The average molecular weight is 293 g/mol. The topological polar surface area (TPSA) is 55.4 Å². The average Bonchev–Trinajstić information content (AvgIpc) is 2.75. The first-order valence-corrected chi connectivity index (χ1v) is 7.21. The molecule has 0 aliphatic carbocycles. The maximum atomic E-state index is 11.4. The van der Waals surface area contributed by atoms with Gasteiger partial charge in [-0.15, -0.1) is 11.3 Å². The lowest BCUT2D eigenvalue weighted by Gasteiger charge is -2.19. The van der Waals surface area contributed by atoms with Crippen LogP contribution in [0.4, 0.5) is 4.79 Å². The van der Waals surface area contributed by atoms with E-state index in [1.54, 1.807) is 6.07 Å². The van der Waals surface area contributed by atoms with Crippen LogP contribution >= 0.6 is 11.3 Å². The number of alkyl carbamates (subject to hydrolysis) is 1. The highest BCUT2D eigenvalue weighted by Gasteiger charge is 2.15. The third-order valence-electron chi connectivity index (χ3n) is 2.10. The summed E-state index contributed by atoms with van der Waals surface area (Å²) in [5.41, 5.74) is 0.340. The summed E-state index contributed by atoms with van der Waals surface area (Å²) in [6.45, 7) is 7.42. The Balaban J connectivity index is 2.33. The molecule has 0 aliphatic rings. The van der Waals surface area contributed by atoms with Crippen LogP contribution < -0.4 is 5.32 Å². The molecule has 0 saturated carbocycles. The van der Waals surface area contributed by atoms with Crippen molar-refractivity contribution in [3.8, 4) is 11.8 Å². The van der Waals surface area contributed by atoms with Gasteiger partial charge >= 0.3 is 6.09 Å². The van der Waals surface area contributed by atoms with Crippen LogP contribution in [0, 0.1) is 11.8 Å². The minimum atomic E-state index is -0.491. The molecule has 1 rings (SSSR count). The molecule has 5 heteroatoms. The zero-order valence-electron chi connectivity index (χ0n) is 12.2. The van der Waals surface area contributed by atoms with E-state index < -0.39 is 11.7 Å². The second-order valence-electron chi connectivity index (χ2n) is 5.24. The van der Waals surface area contributed by atoms with Gasteiger partial charge in [0, 0.05) is 23.9 Å². The van der Waals surface area contributed by atoms with Crippen LogP contribution in [0.1, 0.15) is 49.4 Å². The van der Waals surface area contributed by atoms with Gasteiger partial charge in [0.15, 0.2) is 5.78 Å². The quantitative estimate of drug-likeness (QED) is 0.529. The molecule has 0 fully saturated rings. The molecule has 1 aromatic rings. The Morgan fingerprint density at radius 1 is 1.40 bits per heavy atom. The summed E-state index contributed by atoms with van der Waals surface area (Å²) < 4.78 is 5.10. The van der Waals surface area contributed by atoms with Crippen molar-refractivity contribution in [2.24, 2.45) is 0 Å². The number of thiophene rings is 1. The third kappa shape index (κ3) is 6.39. The molecule has 4 nitrogen and oxygen atoms in total. The highest BCUT2D eigenvalue weighted by atomic mass is 32.1. The van der Waals surface area contributed by atoms with E-state index in [1.807, 2.05) is 26.2 Å².